The molecule has 0 spiro atoms. The number of benzene rings is 3. The zero-order valence-electron chi connectivity index (χ0n) is 19.4. The Labute approximate surface area is 201 Å². The monoisotopic (exact) mass is 462 g/mol. The highest BCUT2D eigenvalue weighted by Gasteiger charge is 2.31. The molecule has 0 saturated carbocycles. The second-order valence-corrected chi connectivity index (χ2v) is 9.05. The number of carbonyl (C=O) groups excluding carboxylic acids is 2. The SMILES string of the molecule is Cc1cccc(CN(C(=O)Cc2ccccc2Cl)[C@H](Cc2ccccc2)C(=O)NC(C)C)c1. The van der Waals surface area contributed by atoms with Gasteiger partial charge in [0.15, 0.2) is 0 Å². The first-order valence-electron chi connectivity index (χ1n) is 11.3. The van der Waals surface area contributed by atoms with E-state index in [1.54, 1.807) is 11.0 Å². The van der Waals surface area contributed by atoms with Gasteiger partial charge in [-0.05, 0) is 43.5 Å². The molecule has 0 fully saturated rings. The Hall–Kier alpha value is -3.11. The number of carbonyl (C=O) groups is 2. The fourth-order valence-corrected chi connectivity index (χ4v) is 4.05. The van der Waals surface area contributed by atoms with Crippen molar-refractivity contribution in [2.75, 3.05) is 0 Å². The van der Waals surface area contributed by atoms with Crippen molar-refractivity contribution in [1.29, 1.82) is 0 Å². The molecular weight excluding hydrogens is 432 g/mol. The van der Waals surface area contributed by atoms with E-state index in [0.717, 1.165) is 22.3 Å². The summed E-state index contributed by atoms with van der Waals surface area (Å²) in [5.41, 5.74) is 3.84. The van der Waals surface area contributed by atoms with Gasteiger partial charge in [-0.3, -0.25) is 9.59 Å². The van der Waals surface area contributed by atoms with Gasteiger partial charge in [0.05, 0.1) is 6.42 Å². The quantitative estimate of drug-likeness (QED) is 0.465. The third-order valence-corrected chi connectivity index (χ3v) is 5.81. The van der Waals surface area contributed by atoms with Crippen molar-refractivity contribution >= 4 is 23.4 Å². The summed E-state index contributed by atoms with van der Waals surface area (Å²) in [6, 6.07) is 24.5. The van der Waals surface area contributed by atoms with Gasteiger partial charge < -0.3 is 10.2 Å². The molecule has 33 heavy (non-hydrogen) atoms. The van der Waals surface area contributed by atoms with Gasteiger partial charge >= 0.3 is 0 Å². The second kappa shape index (κ2) is 11.7. The van der Waals surface area contributed by atoms with Crippen molar-refractivity contribution in [2.45, 2.75) is 52.2 Å². The lowest BCUT2D eigenvalue weighted by atomic mass is 10.0. The van der Waals surface area contributed by atoms with E-state index in [1.807, 2.05) is 87.5 Å². The number of amides is 2. The molecule has 3 aromatic rings. The molecule has 0 saturated heterocycles. The summed E-state index contributed by atoms with van der Waals surface area (Å²) in [5.74, 6) is -0.293. The van der Waals surface area contributed by atoms with E-state index in [4.69, 9.17) is 11.6 Å². The Balaban J connectivity index is 1.98. The lowest BCUT2D eigenvalue weighted by molar-refractivity contribution is -0.141. The summed E-state index contributed by atoms with van der Waals surface area (Å²) in [4.78, 5) is 28.7. The van der Waals surface area contributed by atoms with Gasteiger partial charge in [-0.2, -0.15) is 0 Å². The smallest absolute Gasteiger partial charge is 0.243 e. The van der Waals surface area contributed by atoms with E-state index in [9.17, 15) is 9.59 Å². The number of rotatable bonds is 9. The molecule has 1 N–H and O–H groups in total. The average molecular weight is 463 g/mol. The summed E-state index contributed by atoms with van der Waals surface area (Å²) in [6.45, 7) is 6.21. The van der Waals surface area contributed by atoms with Gasteiger partial charge in [0, 0.05) is 24.0 Å². The third kappa shape index (κ3) is 7.19. The van der Waals surface area contributed by atoms with Gasteiger partial charge in [-0.15, -0.1) is 0 Å². The van der Waals surface area contributed by atoms with Crippen LogP contribution in [0.2, 0.25) is 5.02 Å². The Bertz CT molecular complexity index is 1080. The van der Waals surface area contributed by atoms with Crippen LogP contribution in [-0.4, -0.2) is 28.8 Å². The summed E-state index contributed by atoms with van der Waals surface area (Å²) in [7, 11) is 0. The number of halogens is 1. The van der Waals surface area contributed by atoms with Crippen molar-refractivity contribution in [3.8, 4) is 0 Å². The molecule has 4 nitrogen and oxygen atoms in total. The van der Waals surface area contributed by atoms with Crippen LogP contribution < -0.4 is 5.32 Å². The highest BCUT2D eigenvalue weighted by molar-refractivity contribution is 6.31. The third-order valence-electron chi connectivity index (χ3n) is 5.44. The maximum Gasteiger partial charge on any atom is 0.243 e. The molecule has 0 aromatic heterocycles. The number of nitrogens with one attached hydrogen (secondary N) is 1. The molecule has 0 radical (unpaired) electrons. The first-order chi connectivity index (χ1) is 15.8. The molecule has 3 rings (SSSR count). The van der Waals surface area contributed by atoms with Crippen molar-refractivity contribution in [3.05, 3.63) is 106 Å². The fourth-order valence-electron chi connectivity index (χ4n) is 3.85. The van der Waals surface area contributed by atoms with E-state index in [0.29, 0.717) is 18.0 Å². The van der Waals surface area contributed by atoms with Crippen LogP contribution >= 0.6 is 11.6 Å². The van der Waals surface area contributed by atoms with E-state index in [1.165, 1.54) is 0 Å². The van der Waals surface area contributed by atoms with Crippen LogP contribution in [0.15, 0.2) is 78.9 Å². The maximum absolute atomic E-state index is 13.7. The van der Waals surface area contributed by atoms with Gasteiger partial charge in [-0.1, -0.05) is 90.0 Å². The van der Waals surface area contributed by atoms with Crippen molar-refractivity contribution in [1.82, 2.24) is 10.2 Å². The zero-order valence-corrected chi connectivity index (χ0v) is 20.2. The molecule has 5 heteroatoms. The Kier molecular flexibility index (Phi) is 8.67. The number of hydrogen-bond acceptors (Lipinski definition) is 2. The molecule has 0 heterocycles. The number of nitrogens with zero attached hydrogens (tertiary/aromatic N) is 1. The highest BCUT2D eigenvalue weighted by atomic mass is 35.5. The Morgan fingerprint density at radius 3 is 2.24 bits per heavy atom. The molecule has 0 aliphatic carbocycles. The van der Waals surface area contributed by atoms with Crippen molar-refractivity contribution in [2.24, 2.45) is 0 Å². The maximum atomic E-state index is 13.7. The first-order valence-corrected chi connectivity index (χ1v) is 11.6. The van der Waals surface area contributed by atoms with Crippen molar-refractivity contribution < 1.29 is 9.59 Å². The predicted molar refractivity (Wildman–Crippen MR) is 134 cm³/mol. The molecule has 0 unspecified atom stereocenters. The summed E-state index contributed by atoms with van der Waals surface area (Å²) < 4.78 is 0. The standard InChI is InChI=1S/C28H31ClN2O2/c1-20(2)30-28(33)26(17-22-11-5-4-6-12-22)31(19-23-13-9-10-21(3)16-23)27(32)18-24-14-7-8-15-25(24)29/h4-16,20,26H,17-19H2,1-3H3,(H,30,33)/t26-/m1/s1. The minimum absolute atomic E-state index is 0.0322. The van der Waals surface area contributed by atoms with Gasteiger partial charge in [0.25, 0.3) is 0 Å². The van der Waals surface area contributed by atoms with Gasteiger partial charge in [0.1, 0.15) is 6.04 Å². The molecule has 0 aliphatic rings. The molecule has 1 atom stereocenters. The second-order valence-electron chi connectivity index (χ2n) is 8.65. The van der Waals surface area contributed by atoms with E-state index in [2.05, 4.69) is 11.4 Å². The summed E-state index contributed by atoms with van der Waals surface area (Å²) in [5, 5.41) is 3.56. The summed E-state index contributed by atoms with van der Waals surface area (Å²) in [6.07, 6.45) is 0.561. The Morgan fingerprint density at radius 1 is 0.909 bits per heavy atom. The summed E-state index contributed by atoms with van der Waals surface area (Å²) >= 11 is 6.34. The van der Waals surface area contributed by atoms with Crippen LogP contribution in [0.1, 0.15) is 36.1 Å². The number of aryl methyl sites for hydroxylation is 1. The van der Waals surface area contributed by atoms with Crippen LogP contribution in [-0.2, 0) is 29.0 Å². The average Bonchev–Trinajstić information content (AvgIpc) is 2.78. The highest BCUT2D eigenvalue weighted by Crippen LogP contribution is 2.20. The molecule has 0 aliphatic heterocycles. The lowest BCUT2D eigenvalue weighted by Crippen LogP contribution is -2.52. The minimum atomic E-state index is -0.648. The van der Waals surface area contributed by atoms with Crippen LogP contribution in [0.3, 0.4) is 0 Å². The zero-order chi connectivity index (χ0) is 23.8. The van der Waals surface area contributed by atoms with Crippen molar-refractivity contribution in [3.63, 3.8) is 0 Å². The van der Waals surface area contributed by atoms with Crippen LogP contribution in [0, 0.1) is 6.92 Å². The van der Waals surface area contributed by atoms with Crippen LogP contribution in [0.25, 0.3) is 0 Å². The molecule has 0 bridgehead atoms. The van der Waals surface area contributed by atoms with Gasteiger partial charge in [0.2, 0.25) is 11.8 Å². The first kappa shape index (κ1) is 24.5. The number of hydrogen-bond donors (Lipinski definition) is 1. The Morgan fingerprint density at radius 2 is 1.58 bits per heavy atom. The normalized spacial score (nSPS) is 11.8. The fraction of sp³-hybridized carbons (Fsp3) is 0.286. The van der Waals surface area contributed by atoms with E-state index in [-0.39, 0.29) is 24.3 Å². The lowest BCUT2D eigenvalue weighted by Gasteiger charge is -2.32. The van der Waals surface area contributed by atoms with Crippen LogP contribution in [0.4, 0.5) is 0 Å². The van der Waals surface area contributed by atoms with Gasteiger partial charge in [-0.25, -0.2) is 0 Å². The van der Waals surface area contributed by atoms with E-state index < -0.39 is 6.04 Å². The molecular formula is C28H31ClN2O2. The topological polar surface area (TPSA) is 49.4 Å². The largest absolute Gasteiger partial charge is 0.352 e. The van der Waals surface area contributed by atoms with E-state index >= 15 is 0 Å². The van der Waals surface area contributed by atoms with Crippen LogP contribution in [0.5, 0.6) is 0 Å². The predicted octanol–water partition coefficient (Wildman–Crippen LogP) is 5.36. The molecule has 172 valence electrons. The minimum Gasteiger partial charge on any atom is -0.352 e. The molecule has 3 aromatic carbocycles. The molecule has 2 amide bonds.